The van der Waals surface area contributed by atoms with E-state index in [0.717, 1.165) is 29.9 Å². The van der Waals surface area contributed by atoms with Crippen molar-refractivity contribution in [3.63, 3.8) is 0 Å². The van der Waals surface area contributed by atoms with Crippen LogP contribution in [0.3, 0.4) is 0 Å². The van der Waals surface area contributed by atoms with Crippen molar-refractivity contribution in [3.8, 4) is 6.07 Å². The smallest absolute Gasteiger partial charge is 0.101 e. The highest BCUT2D eigenvalue weighted by molar-refractivity contribution is 5.61. The summed E-state index contributed by atoms with van der Waals surface area (Å²) in [7, 11) is 0. The third kappa shape index (κ3) is 2.42. The van der Waals surface area contributed by atoms with E-state index in [-0.39, 0.29) is 0 Å². The van der Waals surface area contributed by atoms with E-state index in [9.17, 15) is 5.26 Å². The SMILES string of the molecule is Cc1ccc(N2CC(C)NCC2C)c(C#N)c1. The molecule has 0 amide bonds. The summed E-state index contributed by atoms with van der Waals surface area (Å²) >= 11 is 0. The molecule has 1 aromatic carbocycles. The second-order valence-corrected chi connectivity index (χ2v) is 4.94. The van der Waals surface area contributed by atoms with Crippen molar-refractivity contribution in [2.75, 3.05) is 18.0 Å². The Hall–Kier alpha value is -1.53. The maximum atomic E-state index is 9.23. The molecular formula is C14H19N3. The Kier molecular flexibility index (Phi) is 3.35. The molecule has 3 nitrogen and oxygen atoms in total. The van der Waals surface area contributed by atoms with Crippen LogP contribution in [-0.4, -0.2) is 25.2 Å². The lowest BCUT2D eigenvalue weighted by molar-refractivity contribution is 0.425. The third-order valence-corrected chi connectivity index (χ3v) is 3.35. The minimum Gasteiger partial charge on any atom is -0.365 e. The standard InChI is InChI=1S/C14H19N3/c1-10-4-5-14(13(6-10)7-15)17-9-11(2)16-8-12(17)3/h4-6,11-12,16H,8-9H2,1-3H3. The second-order valence-electron chi connectivity index (χ2n) is 4.94. The molecule has 1 saturated heterocycles. The number of piperazine rings is 1. The van der Waals surface area contributed by atoms with E-state index >= 15 is 0 Å². The van der Waals surface area contributed by atoms with Gasteiger partial charge in [-0.15, -0.1) is 0 Å². The van der Waals surface area contributed by atoms with Crippen molar-refractivity contribution in [2.45, 2.75) is 32.9 Å². The predicted molar refractivity (Wildman–Crippen MR) is 70.2 cm³/mol. The van der Waals surface area contributed by atoms with E-state index in [2.05, 4.69) is 42.3 Å². The Morgan fingerprint density at radius 2 is 2.18 bits per heavy atom. The Labute approximate surface area is 103 Å². The van der Waals surface area contributed by atoms with Crippen LogP contribution in [-0.2, 0) is 0 Å². The van der Waals surface area contributed by atoms with Gasteiger partial charge >= 0.3 is 0 Å². The lowest BCUT2D eigenvalue weighted by Crippen LogP contribution is -2.54. The molecule has 1 N–H and O–H groups in total. The van der Waals surface area contributed by atoms with Crippen LogP contribution < -0.4 is 10.2 Å². The summed E-state index contributed by atoms with van der Waals surface area (Å²) in [5, 5.41) is 12.7. The summed E-state index contributed by atoms with van der Waals surface area (Å²) in [4.78, 5) is 2.33. The van der Waals surface area contributed by atoms with Crippen LogP contribution in [0.5, 0.6) is 0 Å². The summed E-state index contributed by atoms with van der Waals surface area (Å²) in [6, 6.07) is 9.33. The maximum absolute atomic E-state index is 9.23. The summed E-state index contributed by atoms with van der Waals surface area (Å²) in [5.41, 5.74) is 2.99. The highest BCUT2D eigenvalue weighted by Crippen LogP contribution is 2.24. The second kappa shape index (κ2) is 4.77. The quantitative estimate of drug-likeness (QED) is 0.801. The van der Waals surface area contributed by atoms with Gasteiger partial charge in [0, 0.05) is 25.2 Å². The fraction of sp³-hybridized carbons (Fsp3) is 0.500. The van der Waals surface area contributed by atoms with Crippen molar-refractivity contribution in [1.29, 1.82) is 5.26 Å². The van der Waals surface area contributed by atoms with Crippen LogP contribution in [0.15, 0.2) is 18.2 Å². The van der Waals surface area contributed by atoms with Gasteiger partial charge in [0.2, 0.25) is 0 Å². The molecule has 0 spiro atoms. The van der Waals surface area contributed by atoms with Crippen molar-refractivity contribution in [1.82, 2.24) is 5.32 Å². The monoisotopic (exact) mass is 229 g/mol. The van der Waals surface area contributed by atoms with Gasteiger partial charge in [0.1, 0.15) is 6.07 Å². The number of nitrogens with zero attached hydrogens (tertiary/aromatic N) is 2. The summed E-state index contributed by atoms with van der Waals surface area (Å²) < 4.78 is 0. The first-order valence-corrected chi connectivity index (χ1v) is 6.12. The van der Waals surface area contributed by atoms with Crippen LogP contribution in [0.1, 0.15) is 25.0 Å². The third-order valence-electron chi connectivity index (χ3n) is 3.35. The molecule has 0 aliphatic carbocycles. The van der Waals surface area contributed by atoms with Gasteiger partial charge in [-0.1, -0.05) is 6.07 Å². The van der Waals surface area contributed by atoms with Crippen LogP contribution >= 0.6 is 0 Å². The van der Waals surface area contributed by atoms with Gasteiger partial charge in [-0.25, -0.2) is 0 Å². The average Bonchev–Trinajstić information content (AvgIpc) is 2.32. The van der Waals surface area contributed by atoms with Gasteiger partial charge in [-0.3, -0.25) is 0 Å². The maximum Gasteiger partial charge on any atom is 0.101 e. The van der Waals surface area contributed by atoms with Crippen LogP contribution in [0.2, 0.25) is 0 Å². The molecule has 1 fully saturated rings. The molecule has 3 heteroatoms. The van der Waals surface area contributed by atoms with E-state index in [4.69, 9.17) is 0 Å². The molecule has 1 aliphatic heterocycles. The molecule has 1 aliphatic rings. The highest BCUT2D eigenvalue weighted by Gasteiger charge is 2.24. The van der Waals surface area contributed by atoms with Crippen molar-refractivity contribution in [3.05, 3.63) is 29.3 Å². The molecular weight excluding hydrogens is 210 g/mol. The normalized spacial score (nSPS) is 24.5. The molecule has 0 radical (unpaired) electrons. The lowest BCUT2D eigenvalue weighted by atomic mass is 10.0. The average molecular weight is 229 g/mol. The van der Waals surface area contributed by atoms with E-state index in [1.54, 1.807) is 0 Å². The molecule has 1 aromatic rings. The topological polar surface area (TPSA) is 39.1 Å². The van der Waals surface area contributed by atoms with Gasteiger partial charge in [0.05, 0.1) is 11.3 Å². The highest BCUT2D eigenvalue weighted by atomic mass is 15.2. The Balaban J connectivity index is 2.35. The first-order valence-electron chi connectivity index (χ1n) is 6.12. The number of nitriles is 1. The van der Waals surface area contributed by atoms with Crippen molar-refractivity contribution in [2.24, 2.45) is 0 Å². The zero-order valence-corrected chi connectivity index (χ0v) is 10.7. The number of hydrogen-bond acceptors (Lipinski definition) is 3. The minimum absolute atomic E-state index is 0.431. The molecule has 1 heterocycles. The molecule has 2 unspecified atom stereocenters. The predicted octanol–water partition coefficient (Wildman–Crippen LogP) is 2.05. The number of nitrogens with one attached hydrogen (secondary N) is 1. The van der Waals surface area contributed by atoms with Crippen molar-refractivity contribution < 1.29 is 0 Å². The fourth-order valence-electron chi connectivity index (χ4n) is 2.35. The largest absolute Gasteiger partial charge is 0.365 e. The van der Waals surface area contributed by atoms with E-state index in [1.165, 1.54) is 0 Å². The Morgan fingerprint density at radius 3 is 2.88 bits per heavy atom. The van der Waals surface area contributed by atoms with Crippen molar-refractivity contribution >= 4 is 5.69 Å². The molecule has 2 rings (SSSR count). The number of benzene rings is 1. The minimum atomic E-state index is 0.431. The molecule has 90 valence electrons. The van der Waals surface area contributed by atoms with E-state index in [1.807, 2.05) is 13.0 Å². The van der Waals surface area contributed by atoms with Gasteiger partial charge in [0.25, 0.3) is 0 Å². The first-order chi connectivity index (χ1) is 8.11. The molecule has 0 aromatic heterocycles. The van der Waals surface area contributed by atoms with Crippen LogP contribution in [0.25, 0.3) is 0 Å². The molecule has 2 atom stereocenters. The molecule has 0 bridgehead atoms. The Bertz CT molecular complexity index is 447. The number of rotatable bonds is 1. The van der Waals surface area contributed by atoms with E-state index < -0.39 is 0 Å². The zero-order chi connectivity index (χ0) is 12.4. The molecule has 17 heavy (non-hydrogen) atoms. The van der Waals surface area contributed by atoms with Crippen LogP contribution in [0, 0.1) is 18.3 Å². The molecule has 0 saturated carbocycles. The summed E-state index contributed by atoms with van der Waals surface area (Å²) in [6.45, 7) is 8.33. The summed E-state index contributed by atoms with van der Waals surface area (Å²) in [5.74, 6) is 0. The van der Waals surface area contributed by atoms with Gasteiger partial charge in [0.15, 0.2) is 0 Å². The van der Waals surface area contributed by atoms with Crippen LogP contribution in [0.4, 0.5) is 5.69 Å². The first kappa shape index (κ1) is 11.9. The van der Waals surface area contributed by atoms with E-state index in [0.29, 0.717) is 12.1 Å². The number of anilines is 1. The number of hydrogen-bond donors (Lipinski definition) is 1. The van der Waals surface area contributed by atoms with Gasteiger partial charge in [-0.05, 0) is 38.5 Å². The van der Waals surface area contributed by atoms with Gasteiger partial charge in [-0.2, -0.15) is 5.26 Å². The van der Waals surface area contributed by atoms with Gasteiger partial charge < -0.3 is 10.2 Å². The summed E-state index contributed by atoms with van der Waals surface area (Å²) in [6.07, 6.45) is 0. The number of aryl methyl sites for hydroxylation is 1. The Morgan fingerprint density at radius 1 is 1.41 bits per heavy atom. The zero-order valence-electron chi connectivity index (χ0n) is 10.7. The lowest BCUT2D eigenvalue weighted by Gasteiger charge is -2.39. The fourth-order valence-corrected chi connectivity index (χ4v) is 2.35.